The van der Waals surface area contributed by atoms with Gasteiger partial charge in [-0.2, -0.15) is 4.31 Å². The molecule has 0 spiro atoms. The van der Waals surface area contributed by atoms with Gasteiger partial charge in [-0.05, 0) is 32.2 Å². The van der Waals surface area contributed by atoms with Crippen molar-refractivity contribution in [1.29, 1.82) is 0 Å². The number of rotatable bonds is 5. The first-order valence-corrected chi connectivity index (χ1v) is 12.1. The Hall–Kier alpha value is -2.66. The van der Waals surface area contributed by atoms with Crippen molar-refractivity contribution in [3.8, 4) is 10.6 Å². The van der Waals surface area contributed by atoms with Gasteiger partial charge in [0.2, 0.25) is 15.2 Å². The van der Waals surface area contributed by atoms with E-state index in [1.165, 1.54) is 27.8 Å². The van der Waals surface area contributed by atoms with E-state index >= 15 is 0 Å². The first kappa shape index (κ1) is 21.6. The van der Waals surface area contributed by atoms with E-state index in [0.29, 0.717) is 36.3 Å². The lowest BCUT2D eigenvalue weighted by Crippen LogP contribution is -2.47. The average Bonchev–Trinajstić information content (AvgIpc) is 3.23. The molecule has 31 heavy (non-hydrogen) atoms. The van der Waals surface area contributed by atoms with E-state index in [1.54, 1.807) is 12.1 Å². The van der Waals surface area contributed by atoms with Gasteiger partial charge in [0.25, 0.3) is 5.91 Å². The van der Waals surface area contributed by atoms with Crippen LogP contribution >= 0.6 is 11.3 Å². The van der Waals surface area contributed by atoms with Crippen LogP contribution in [0, 0.1) is 6.92 Å². The van der Waals surface area contributed by atoms with Gasteiger partial charge in [0.15, 0.2) is 0 Å². The van der Waals surface area contributed by atoms with Crippen LogP contribution in [0.5, 0.6) is 0 Å². The highest BCUT2D eigenvalue weighted by Gasteiger charge is 2.28. The molecule has 2 heterocycles. The molecule has 0 saturated carbocycles. The van der Waals surface area contributed by atoms with Crippen molar-refractivity contribution in [2.75, 3.05) is 38.5 Å². The summed E-state index contributed by atoms with van der Waals surface area (Å²) in [5, 5.41) is 11.9. The largest absolute Gasteiger partial charge is 0.304 e. The highest BCUT2D eigenvalue weighted by molar-refractivity contribution is 7.89. The predicted molar refractivity (Wildman–Crippen MR) is 121 cm³/mol. The SMILES string of the molecule is Cc1ccc(-c2nnc(NC(=O)c3cccc(S(=O)(=O)N4CCN(C)CC4)c3)s2)cc1. The topological polar surface area (TPSA) is 95.5 Å². The Morgan fingerprint density at radius 3 is 2.45 bits per heavy atom. The molecule has 1 N–H and O–H groups in total. The Morgan fingerprint density at radius 2 is 1.74 bits per heavy atom. The molecule has 8 nitrogen and oxygen atoms in total. The maximum atomic E-state index is 13.0. The zero-order valence-corrected chi connectivity index (χ0v) is 18.9. The van der Waals surface area contributed by atoms with Gasteiger partial charge in [0.05, 0.1) is 4.90 Å². The van der Waals surface area contributed by atoms with Gasteiger partial charge in [0, 0.05) is 37.3 Å². The van der Waals surface area contributed by atoms with Crippen molar-refractivity contribution in [1.82, 2.24) is 19.4 Å². The number of hydrogen-bond acceptors (Lipinski definition) is 7. The minimum absolute atomic E-state index is 0.113. The molecule has 10 heteroatoms. The van der Waals surface area contributed by atoms with E-state index in [-0.39, 0.29) is 10.5 Å². The third-order valence-corrected chi connectivity index (χ3v) is 7.92. The summed E-state index contributed by atoms with van der Waals surface area (Å²) in [6.45, 7) is 4.23. The second-order valence-corrected chi connectivity index (χ2v) is 10.4. The zero-order chi connectivity index (χ0) is 22.0. The summed E-state index contributed by atoms with van der Waals surface area (Å²) >= 11 is 1.26. The van der Waals surface area contributed by atoms with Crippen molar-refractivity contribution in [2.45, 2.75) is 11.8 Å². The first-order chi connectivity index (χ1) is 14.8. The molecule has 0 radical (unpaired) electrons. The number of amides is 1. The Bertz CT molecular complexity index is 1180. The lowest BCUT2D eigenvalue weighted by Gasteiger charge is -2.31. The number of sulfonamides is 1. The van der Waals surface area contributed by atoms with Crippen LogP contribution in [0.1, 0.15) is 15.9 Å². The fraction of sp³-hybridized carbons (Fsp3) is 0.286. The standard InChI is InChI=1S/C21H23N5O3S2/c1-15-6-8-16(9-7-15)20-23-24-21(30-20)22-19(27)17-4-3-5-18(14-17)31(28,29)26-12-10-25(2)11-13-26/h3-9,14H,10-13H2,1-2H3,(H,22,24,27). The third-order valence-electron chi connectivity index (χ3n) is 5.14. The van der Waals surface area contributed by atoms with Gasteiger partial charge in [-0.3, -0.25) is 10.1 Å². The lowest BCUT2D eigenvalue weighted by atomic mass is 10.2. The van der Waals surface area contributed by atoms with E-state index in [1.807, 2.05) is 38.2 Å². The van der Waals surface area contributed by atoms with Gasteiger partial charge in [-0.1, -0.05) is 47.2 Å². The number of anilines is 1. The molecule has 1 aliphatic heterocycles. The van der Waals surface area contributed by atoms with E-state index in [2.05, 4.69) is 20.4 Å². The molecule has 1 saturated heterocycles. The molecule has 1 aliphatic rings. The highest BCUT2D eigenvalue weighted by atomic mass is 32.2. The van der Waals surface area contributed by atoms with Crippen LogP contribution in [0.25, 0.3) is 10.6 Å². The maximum Gasteiger partial charge on any atom is 0.257 e. The summed E-state index contributed by atoms with van der Waals surface area (Å²) in [4.78, 5) is 14.9. The maximum absolute atomic E-state index is 13.0. The van der Waals surface area contributed by atoms with Crippen molar-refractivity contribution >= 4 is 32.4 Å². The Balaban J connectivity index is 1.49. The van der Waals surface area contributed by atoms with Crippen molar-refractivity contribution in [2.24, 2.45) is 0 Å². The number of piperazine rings is 1. The number of carbonyl (C=O) groups excluding carboxylic acids is 1. The molecule has 0 unspecified atom stereocenters. The monoisotopic (exact) mass is 457 g/mol. The number of benzene rings is 2. The van der Waals surface area contributed by atoms with Crippen molar-refractivity contribution in [3.05, 3.63) is 59.7 Å². The Labute approximate surface area is 185 Å². The molecule has 162 valence electrons. The predicted octanol–water partition coefficient (Wildman–Crippen LogP) is 2.70. The number of likely N-dealkylation sites (N-methyl/N-ethyl adjacent to an activating group) is 1. The molecule has 0 aliphatic carbocycles. The fourth-order valence-corrected chi connectivity index (χ4v) is 5.44. The van der Waals surface area contributed by atoms with E-state index in [4.69, 9.17) is 0 Å². The third kappa shape index (κ3) is 4.82. The molecule has 2 aromatic carbocycles. The fourth-order valence-electron chi connectivity index (χ4n) is 3.23. The number of aryl methyl sites for hydroxylation is 1. The second kappa shape index (κ2) is 8.83. The minimum Gasteiger partial charge on any atom is -0.304 e. The second-order valence-electron chi connectivity index (χ2n) is 7.47. The summed E-state index contributed by atoms with van der Waals surface area (Å²) in [5.74, 6) is -0.429. The zero-order valence-electron chi connectivity index (χ0n) is 17.3. The highest BCUT2D eigenvalue weighted by Crippen LogP contribution is 2.27. The molecular weight excluding hydrogens is 434 g/mol. The summed E-state index contributed by atoms with van der Waals surface area (Å²) < 4.78 is 27.4. The van der Waals surface area contributed by atoms with Gasteiger partial charge in [0.1, 0.15) is 5.01 Å². The molecule has 1 amide bonds. The minimum atomic E-state index is -3.65. The lowest BCUT2D eigenvalue weighted by molar-refractivity contribution is 0.102. The van der Waals surface area contributed by atoms with Crippen LogP contribution < -0.4 is 5.32 Å². The van der Waals surface area contributed by atoms with Gasteiger partial charge in [-0.25, -0.2) is 8.42 Å². The Morgan fingerprint density at radius 1 is 1.03 bits per heavy atom. The van der Waals surface area contributed by atoms with Crippen molar-refractivity contribution < 1.29 is 13.2 Å². The van der Waals surface area contributed by atoms with E-state index < -0.39 is 15.9 Å². The van der Waals surface area contributed by atoms with Gasteiger partial charge >= 0.3 is 0 Å². The first-order valence-electron chi connectivity index (χ1n) is 9.83. The van der Waals surface area contributed by atoms with Gasteiger partial charge < -0.3 is 4.90 Å². The smallest absolute Gasteiger partial charge is 0.257 e. The van der Waals surface area contributed by atoms with Crippen LogP contribution in [0.4, 0.5) is 5.13 Å². The van der Waals surface area contributed by atoms with Crippen LogP contribution in [-0.4, -0.2) is 67.0 Å². The molecule has 0 bridgehead atoms. The van der Waals surface area contributed by atoms with Crippen molar-refractivity contribution in [3.63, 3.8) is 0 Å². The molecule has 1 aromatic heterocycles. The number of hydrogen-bond donors (Lipinski definition) is 1. The number of nitrogens with zero attached hydrogens (tertiary/aromatic N) is 4. The van der Waals surface area contributed by atoms with Crippen LogP contribution in [0.15, 0.2) is 53.4 Å². The average molecular weight is 458 g/mol. The molecular formula is C21H23N5O3S2. The van der Waals surface area contributed by atoms with E-state index in [9.17, 15) is 13.2 Å². The van der Waals surface area contributed by atoms with Gasteiger partial charge in [-0.15, -0.1) is 10.2 Å². The summed E-state index contributed by atoms with van der Waals surface area (Å²) in [5.41, 5.74) is 2.32. The van der Waals surface area contributed by atoms with Crippen LogP contribution in [-0.2, 0) is 10.0 Å². The quantitative estimate of drug-likeness (QED) is 0.633. The summed E-state index contributed by atoms with van der Waals surface area (Å²) in [7, 11) is -1.68. The summed E-state index contributed by atoms with van der Waals surface area (Å²) in [6, 6.07) is 14.0. The number of aromatic nitrogens is 2. The van der Waals surface area contributed by atoms with E-state index in [0.717, 1.165) is 11.1 Å². The molecule has 1 fully saturated rings. The normalized spacial score (nSPS) is 15.7. The molecule has 0 atom stereocenters. The molecule has 3 aromatic rings. The summed E-state index contributed by atoms with van der Waals surface area (Å²) in [6.07, 6.45) is 0. The van der Waals surface area contributed by atoms with Crippen LogP contribution in [0.3, 0.4) is 0 Å². The molecule has 4 rings (SSSR count). The number of nitrogens with one attached hydrogen (secondary N) is 1. The number of carbonyl (C=O) groups is 1. The van der Waals surface area contributed by atoms with Crippen LogP contribution in [0.2, 0.25) is 0 Å². The Kier molecular flexibility index (Phi) is 6.15.